The summed E-state index contributed by atoms with van der Waals surface area (Å²) in [6, 6.07) is 0.865. The lowest BCUT2D eigenvalue weighted by Crippen LogP contribution is -2.45. The molecule has 0 radical (unpaired) electrons. The number of nitrogens with zero attached hydrogens (tertiary/aromatic N) is 1. The molecule has 16 heavy (non-hydrogen) atoms. The maximum absolute atomic E-state index is 3.58. The summed E-state index contributed by atoms with van der Waals surface area (Å²) in [5.41, 5.74) is 0.388. The van der Waals surface area contributed by atoms with Crippen molar-refractivity contribution in [2.24, 2.45) is 11.3 Å². The molecule has 0 aromatic carbocycles. The van der Waals surface area contributed by atoms with E-state index in [4.69, 9.17) is 0 Å². The van der Waals surface area contributed by atoms with Crippen LogP contribution in [-0.4, -0.2) is 37.6 Å². The predicted molar refractivity (Wildman–Crippen MR) is 71.8 cm³/mol. The van der Waals surface area contributed by atoms with Crippen LogP contribution in [0, 0.1) is 11.3 Å². The molecule has 2 heteroatoms. The lowest BCUT2D eigenvalue weighted by Gasteiger charge is -2.39. The molecular weight excluding hydrogens is 196 g/mol. The summed E-state index contributed by atoms with van der Waals surface area (Å²) in [6.45, 7) is 12.7. The Labute approximate surface area is 102 Å². The van der Waals surface area contributed by atoms with Gasteiger partial charge in [-0.3, -0.25) is 0 Å². The van der Waals surface area contributed by atoms with E-state index in [0.29, 0.717) is 5.41 Å². The first-order valence-electron chi connectivity index (χ1n) is 6.82. The first kappa shape index (κ1) is 14.0. The van der Waals surface area contributed by atoms with Crippen LogP contribution < -0.4 is 5.32 Å². The summed E-state index contributed by atoms with van der Waals surface area (Å²) in [5, 5.41) is 3.58. The summed E-state index contributed by atoms with van der Waals surface area (Å²) in [5.74, 6) is 0.750. The summed E-state index contributed by atoms with van der Waals surface area (Å²) >= 11 is 0. The predicted octanol–water partition coefficient (Wildman–Crippen LogP) is 2.74. The highest BCUT2D eigenvalue weighted by atomic mass is 15.1. The van der Waals surface area contributed by atoms with Crippen LogP contribution in [0.5, 0.6) is 0 Å². The monoisotopic (exact) mass is 226 g/mol. The first-order chi connectivity index (χ1) is 7.41. The Morgan fingerprint density at radius 3 is 2.38 bits per heavy atom. The number of hydrogen-bond donors (Lipinski definition) is 1. The van der Waals surface area contributed by atoms with Crippen LogP contribution in [0.1, 0.15) is 47.0 Å². The smallest absolute Gasteiger partial charge is 0.00924 e. The van der Waals surface area contributed by atoms with Gasteiger partial charge in [0.15, 0.2) is 0 Å². The van der Waals surface area contributed by atoms with E-state index in [9.17, 15) is 0 Å². The number of nitrogens with one attached hydrogen (secondary N) is 1. The van der Waals surface area contributed by atoms with Crippen molar-refractivity contribution in [3.05, 3.63) is 0 Å². The quantitative estimate of drug-likeness (QED) is 0.718. The Morgan fingerprint density at radius 2 is 1.94 bits per heavy atom. The van der Waals surface area contributed by atoms with E-state index >= 15 is 0 Å². The maximum Gasteiger partial charge on any atom is 0.00924 e. The fraction of sp³-hybridized carbons (Fsp3) is 1.00. The van der Waals surface area contributed by atoms with Crippen molar-refractivity contribution in [3.8, 4) is 0 Å². The van der Waals surface area contributed by atoms with Gasteiger partial charge >= 0.3 is 0 Å². The van der Waals surface area contributed by atoms with Crippen LogP contribution in [0.4, 0.5) is 0 Å². The van der Waals surface area contributed by atoms with Gasteiger partial charge in [-0.05, 0) is 37.8 Å². The van der Waals surface area contributed by atoms with Crippen LogP contribution in [-0.2, 0) is 0 Å². The van der Waals surface area contributed by atoms with Gasteiger partial charge in [-0.25, -0.2) is 0 Å². The number of hydrogen-bond acceptors (Lipinski definition) is 2. The minimum atomic E-state index is 0.388. The first-order valence-corrected chi connectivity index (χ1v) is 6.82. The van der Waals surface area contributed by atoms with Gasteiger partial charge in [0, 0.05) is 19.1 Å². The Bertz CT molecular complexity index is 195. The molecule has 1 N–H and O–H groups in total. The average Bonchev–Trinajstić information content (AvgIpc) is 1.96. The van der Waals surface area contributed by atoms with Gasteiger partial charge in [0.2, 0.25) is 0 Å². The molecule has 1 aliphatic rings. The highest BCUT2D eigenvalue weighted by Gasteiger charge is 2.27. The van der Waals surface area contributed by atoms with Crippen LogP contribution in [0.25, 0.3) is 0 Å². The molecule has 1 fully saturated rings. The largest absolute Gasteiger partial charge is 0.316 e. The van der Waals surface area contributed by atoms with E-state index in [1.807, 2.05) is 0 Å². The Hall–Kier alpha value is -0.0800. The third kappa shape index (κ3) is 4.84. The molecule has 96 valence electrons. The Balaban J connectivity index is 2.21. The topological polar surface area (TPSA) is 15.3 Å². The third-order valence-corrected chi connectivity index (χ3v) is 3.53. The molecule has 0 atom stereocenters. The molecule has 0 aromatic rings. The van der Waals surface area contributed by atoms with E-state index in [-0.39, 0.29) is 0 Å². The summed E-state index contributed by atoms with van der Waals surface area (Å²) in [6.07, 6.45) is 4.25. The second kappa shape index (κ2) is 6.02. The second-order valence-electron chi connectivity index (χ2n) is 6.69. The van der Waals surface area contributed by atoms with Crippen molar-refractivity contribution in [2.75, 3.05) is 26.7 Å². The molecule has 0 saturated heterocycles. The van der Waals surface area contributed by atoms with E-state index in [0.717, 1.165) is 25.0 Å². The highest BCUT2D eigenvalue weighted by Crippen LogP contribution is 2.26. The molecule has 0 aliphatic heterocycles. The van der Waals surface area contributed by atoms with Crippen molar-refractivity contribution in [3.63, 3.8) is 0 Å². The zero-order chi connectivity index (χ0) is 12.2. The van der Waals surface area contributed by atoms with Crippen molar-refractivity contribution in [1.82, 2.24) is 10.2 Å². The van der Waals surface area contributed by atoms with Gasteiger partial charge in [0.05, 0.1) is 0 Å². The van der Waals surface area contributed by atoms with E-state index in [2.05, 4.69) is 45.0 Å². The third-order valence-electron chi connectivity index (χ3n) is 3.53. The van der Waals surface area contributed by atoms with Gasteiger partial charge < -0.3 is 10.2 Å². The summed E-state index contributed by atoms with van der Waals surface area (Å²) in [4.78, 5) is 2.56. The summed E-state index contributed by atoms with van der Waals surface area (Å²) < 4.78 is 0. The molecule has 0 bridgehead atoms. The fourth-order valence-electron chi connectivity index (χ4n) is 2.39. The van der Waals surface area contributed by atoms with Crippen molar-refractivity contribution < 1.29 is 0 Å². The second-order valence-corrected chi connectivity index (χ2v) is 6.69. The van der Waals surface area contributed by atoms with Crippen LogP contribution >= 0.6 is 0 Å². The molecule has 1 aliphatic carbocycles. The average molecular weight is 226 g/mol. The van der Waals surface area contributed by atoms with Gasteiger partial charge in [-0.15, -0.1) is 0 Å². The SMILES string of the molecule is CC(C)CNCC(C)(C)CN(C)C1CCC1. The maximum atomic E-state index is 3.58. The number of rotatable bonds is 7. The molecule has 0 spiro atoms. The molecule has 0 aromatic heterocycles. The van der Waals surface area contributed by atoms with Crippen LogP contribution in [0.3, 0.4) is 0 Å². The van der Waals surface area contributed by atoms with E-state index < -0.39 is 0 Å². The van der Waals surface area contributed by atoms with E-state index in [1.165, 1.54) is 25.8 Å². The molecule has 2 nitrogen and oxygen atoms in total. The Morgan fingerprint density at radius 1 is 1.31 bits per heavy atom. The van der Waals surface area contributed by atoms with Crippen molar-refractivity contribution in [1.29, 1.82) is 0 Å². The zero-order valence-corrected chi connectivity index (χ0v) is 11.8. The van der Waals surface area contributed by atoms with Gasteiger partial charge in [0.25, 0.3) is 0 Å². The molecule has 0 heterocycles. The molecule has 0 amide bonds. The zero-order valence-electron chi connectivity index (χ0n) is 11.8. The van der Waals surface area contributed by atoms with Crippen molar-refractivity contribution in [2.45, 2.75) is 53.0 Å². The van der Waals surface area contributed by atoms with Gasteiger partial charge in [0.1, 0.15) is 0 Å². The minimum Gasteiger partial charge on any atom is -0.316 e. The van der Waals surface area contributed by atoms with Crippen molar-refractivity contribution >= 4 is 0 Å². The van der Waals surface area contributed by atoms with Crippen LogP contribution in [0.2, 0.25) is 0 Å². The fourth-order valence-corrected chi connectivity index (χ4v) is 2.39. The van der Waals surface area contributed by atoms with E-state index in [1.54, 1.807) is 0 Å². The highest BCUT2D eigenvalue weighted by molar-refractivity contribution is 4.83. The summed E-state index contributed by atoms with van der Waals surface area (Å²) in [7, 11) is 2.29. The van der Waals surface area contributed by atoms with Gasteiger partial charge in [-0.2, -0.15) is 0 Å². The normalized spacial score (nSPS) is 18.2. The molecule has 1 rings (SSSR count). The Kier molecular flexibility index (Phi) is 5.26. The van der Waals surface area contributed by atoms with Crippen LogP contribution in [0.15, 0.2) is 0 Å². The van der Waals surface area contributed by atoms with Gasteiger partial charge in [-0.1, -0.05) is 34.1 Å². The minimum absolute atomic E-state index is 0.388. The molecule has 0 unspecified atom stereocenters. The lowest BCUT2D eigenvalue weighted by atomic mass is 9.87. The molecular formula is C14H30N2. The standard InChI is InChI=1S/C14H30N2/c1-12(2)9-15-10-14(3,4)11-16(5)13-7-6-8-13/h12-13,15H,6-11H2,1-5H3. The molecule has 1 saturated carbocycles. The lowest BCUT2D eigenvalue weighted by molar-refractivity contribution is 0.108.